The SMILES string of the molecule is CC(C)(C)OC(=O)N[C@H]1CC[C@H](Nc2c(C(=O)C3CC3)cnc3ccc(C4=CNNC4)cc23)CC1. The first kappa shape index (κ1) is 23.6. The number of ether oxygens (including phenoxy) is 1. The maximum Gasteiger partial charge on any atom is 0.407 e. The first-order valence-electron chi connectivity index (χ1n) is 12.7. The quantitative estimate of drug-likeness (QED) is 0.453. The molecular formula is C27H35N5O3. The van der Waals surface area contributed by atoms with Crippen LogP contribution >= 0.6 is 0 Å². The van der Waals surface area contributed by atoms with Crippen LogP contribution < -0.4 is 21.5 Å². The maximum absolute atomic E-state index is 13.2. The van der Waals surface area contributed by atoms with Crippen LogP contribution in [-0.4, -0.2) is 41.1 Å². The zero-order valence-corrected chi connectivity index (χ0v) is 20.7. The number of anilines is 1. The van der Waals surface area contributed by atoms with Crippen LogP contribution in [0.5, 0.6) is 0 Å². The Balaban J connectivity index is 1.35. The Morgan fingerprint density at radius 1 is 1.06 bits per heavy atom. The summed E-state index contributed by atoms with van der Waals surface area (Å²) >= 11 is 0. The van der Waals surface area contributed by atoms with E-state index in [0.717, 1.165) is 67.2 Å². The molecule has 2 fully saturated rings. The van der Waals surface area contributed by atoms with Gasteiger partial charge in [0.25, 0.3) is 0 Å². The van der Waals surface area contributed by atoms with Gasteiger partial charge in [-0.25, -0.2) is 10.2 Å². The number of nitrogens with zero attached hydrogens (tertiary/aromatic N) is 1. The summed E-state index contributed by atoms with van der Waals surface area (Å²) in [7, 11) is 0. The molecule has 8 heteroatoms. The highest BCUT2D eigenvalue weighted by molar-refractivity contribution is 6.10. The average Bonchev–Trinajstić information content (AvgIpc) is 3.52. The molecule has 3 aliphatic rings. The number of Topliss-reactive ketones (excluding diaryl/α,β-unsaturated/α-hetero) is 1. The van der Waals surface area contributed by atoms with Crippen molar-refractivity contribution < 1.29 is 14.3 Å². The number of fused-ring (bicyclic) bond motifs is 1. The standard InChI is InChI=1S/C27H35N5O3/c1-27(2,3)35-26(34)32-20-9-7-19(8-10-20)31-24-21-12-17(18-13-29-30-14-18)6-11-23(21)28-15-22(24)25(33)16-4-5-16/h6,11-13,15-16,19-20,29-30H,4-5,7-10,14H2,1-3H3,(H,28,31)(H,32,34)/t19-,20-. The highest BCUT2D eigenvalue weighted by Crippen LogP contribution is 2.38. The minimum absolute atomic E-state index is 0.102. The van der Waals surface area contributed by atoms with E-state index in [1.807, 2.05) is 33.0 Å². The molecule has 8 nitrogen and oxygen atoms in total. The van der Waals surface area contributed by atoms with E-state index >= 15 is 0 Å². The van der Waals surface area contributed by atoms with E-state index in [0.29, 0.717) is 5.56 Å². The summed E-state index contributed by atoms with van der Waals surface area (Å²) in [5, 5.41) is 7.72. The molecule has 35 heavy (non-hydrogen) atoms. The number of alkyl carbamates (subject to hydrolysis) is 1. The number of pyridine rings is 1. The van der Waals surface area contributed by atoms with Crippen LogP contribution in [0.4, 0.5) is 10.5 Å². The van der Waals surface area contributed by atoms with Crippen molar-refractivity contribution in [3.8, 4) is 0 Å². The highest BCUT2D eigenvalue weighted by atomic mass is 16.6. The van der Waals surface area contributed by atoms with Crippen molar-refractivity contribution in [2.45, 2.75) is 77.0 Å². The third-order valence-electron chi connectivity index (χ3n) is 6.88. The third-order valence-corrected chi connectivity index (χ3v) is 6.88. The minimum Gasteiger partial charge on any atom is -0.444 e. The Kier molecular flexibility index (Phi) is 6.40. The molecule has 0 radical (unpaired) electrons. The fourth-order valence-corrected chi connectivity index (χ4v) is 4.88. The predicted molar refractivity (Wildman–Crippen MR) is 137 cm³/mol. The van der Waals surface area contributed by atoms with E-state index in [-0.39, 0.29) is 29.9 Å². The Morgan fingerprint density at radius 3 is 2.46 bits per heavy atom. The van der Waals surface area contributed by atoms with Gasteiger partial charge >= 0.3 is 6.09 Å². The van der Waals surface area contributed by atoms with Crippen LogP contribution in [-0.2, 0) is 4.74 Å². The Morgan fingerprint density at radius 2 is 1.80 bits per heavy atom. The van der Waals surface area contributed by atoms with Crippen molar-refractivity contribution in [3.05, 3.63) is 41.7 Å². The average molecular weight is 478 g/mol. The molecule has 2 heterocycles. The van der Waals surface area contributed by atoms with Crippen LogP contribution in [0.1, 0.15) is 75.2 Å². The summed E-state index contributed by atoms with van der Waals surface area (Å²) < 4.78 is 5.41. The predicted octanol–water partition coefficient (Wildman–Crippen LogP) is 4.52. The topological polar surface area (TPSA) is 104 Å². The van der Waals surface area contributed by atoms with E-state index in [9.17, 15) is 9.59 Å². The lowest BCUT2D eigenvalue weighted by Gasteiger charge is -2.31. The molecule has 1 amide bonds. The number of hydrogen-bond acceptors (Lipinski definition) is 7. The van der Waals surface area contributed by atoms with Gasteiger partial charge in [-0.2, -0.15) is 0 Å². The van der Waals surface area contributed by atoms with Gasteiger partial charge < -0.3 is 20.8 Å². The lowest BCUT2D eigenvalue weighted by Crippen LogP contribution is -2.42. The molecular weight excluding hydrogens is 442 g/mol. The van der Waals surface area contributed by atoms with Gasteiger partial charge in [0.05, 0.1) is 16.8 Å². The van der Waals surface area contributed by atoms with Crippen LogP contribution in [0, 0.1) is 5.92 Å². The van der Waals surface area contributed by atoms with Crippen LogP contribution in [0.25, 0.3) is 16.5 Å². The van der Waals surface area contributed by atoms with Gasteiger partial charge in [-0.1, -0.05) is 6.07 Å². The molecule has 1 aromatic heterocycles. The summed E-state index contributed by atoms with van der Waals surface area (Å²) in [5.74, 6) is 0.314. The van der Waals surface area contributed by atoms with Crippen molar-refractivity contribution in [2.75, 3.05) is 11.9 Å². The van der Waals surface area contributed by atoms with Gasteiger partial charge in [0, 0.05) is 42.3 Å². The molecule has 186 valence electrons. The van der Waals surface area contributed by atoms with E-state index in [4.69, 9.17) is 4.74 Å². The number of hydrogen-bond donors (Lipinski definition) is 4. The molecule has 0 spiro atoms. The normalized spacial score (nSPS) is 22.3. The van der Waals surface area contributed by atoms with Crippen LogP contribution in [0.2, 0.25) is 0 Å². The summed E-state index contributed by atoms with van der Waals surface area (Å²) in [6.07, 6.45) is 8.81. The number of carbonyl (C=O) groups is 2. The Hall–Kier alpha value is -3.13. The molecule has 4 N–H and O–H groups in total. The lowest BCUT2D eigenvalue weighted by atomic mass is 9.90. The zero-order valence-electron chi connectivity index (χ0n) is 20.7. The first-order valence-corrected chi connectivity index (χ1v) is 12.7. The molecule has 1 aromatic carbocycles. The second kappa shape index (κ2) is 9.49. The largest absolute Gasteiger partial charge is 0.444 e. The van der Waals surface area contributed by atoms with Crippen molar-refractivity contribution in [2.24, 2.45) is 5.92 Å². The number of aromatic nitrogens is 1. The van der Waals surface area contributed by atoms with Gasteiger partial charge in [-0.15, -0.1) is 0 Å². The summed E-state index contributed by atoms with van der Waals surface area (Å²) in [5.41, 5.74) is 10.4. The number of rotatable bonds is 6. The summed E-state index contributed by atoms with van der Waals surface area (Å²) in [6, 6.07) is 6.58. The minimum atomic E-state index is -0.505. The molecule has 2 aromatic rings. The molecule has 1 aliphatic heterocycles. The van der Waals surface area contributed by atoms with E-state index in [2.05, 4.69) is 38.6 Å². The molecule has 0 bridgehead atoms. The molecule has 0 saturated heterocycles. The van der Waals surface area contributed by atoms with E-state index in [1.54, 1.807) is 6.20 Å². The molecule has 2 saturated carbocycles. The summed E-state index contributed by atoms with van der Waals surface area (Å²) in [4.78, 5) is 30.0. The number of carbonyl (C=O) groups excluding carboxylic acids is 2. The maximum atomic E-state index is 13.2. The van der Waals surface area contributed by atoms with Gasteiger partial charge in [0.15, 0.2) is 5.78 Å². The first-order chi connectivity index (χ1) is 16.8. The van der Waals surface area contributed by atoms with E-state index < -0.39 is 5.60 Å². The molecule has 0 unspecified atom stereocenters. The second-order valence-corrected chi connectivity index (χ2v) is 10.9. The van der Waals surface area contributed by atoms with E-state index in [1.165, 1.54) is 5.57 Å². The van der Waals surface area contributed by atoms with Gasteiger partial charge in [0.2, 0.25) is 0 Å². The highest BCUT2D eigenvalue weighted by Gasteiger charge is 2.33. The smallest absolute Gasteiger partial charge is 0.407 e. The number of amides is 1. The lowest BCUT2D eigenvalue weighted by molar-refractivity contribution is 0.0492. The fraction of sp³-hybridized carbons (Fsp3) is 0.519. The monoisotopic (exact) mass is 477 g/mol. The molecule has 5 rings (SSSR count). The van der Waals surface area contributed by atoms with Gasteiger partial charge in [0.1, 0.15) is 5.60 Å². The van der Waals surface area contributed by atoms with Crippen molar-refractivity contribution in [1.29, 1.82) is 0 Å². The number of nitrogens with one attached hydrogen (secondary N) is 4. The van der Waals surface area contributed by atoms with Crippen molar-refractivity contribution in [1.82, 2.24) is 21.2 Å². The second-order valence-electron chi connectivity index (χ2n) is 10.9. The van der Waals surface area contributed by atoms with Gasteiger partial charge in [-0.05, 0) is 82.6 Å². The Bertz CT molecular complexity index is 1160. The Labute approximate surface area is 206 Å². The number of ketones is 1. The van der Waals surface area contributed by atoms with Crippen molar-refractivity contribution >= 4 is 34.0 Å². The molecule has 0 atom stereocenters. The van der Waals surface area contributed by atoms with Gasteiger partial charge in [-0.3, -0.25) is 9.78 Å². The van der Waals surface area contributed by atoms with Crippen LogP contribution in [0.15, 0.2) is 30.6 Å². The summed E-state index contributed by atoms with van der Waals surface area (Å²) in [6.45, 7) is 6.36. The third kappa shape index (κ3) is 5.59. The zero-order chi connectivity index (χ0) is 24.6. The van der Waals surface area contributed by atoms with Crippen molar-refractivity contribution in [3.63, 3.8) is 0 Å². The fourth-order valence-electron chi connectivity index (χ4n) is 4.88. The molecule has 2 aliphatic carbocycles. The number of benzene rings is 1. The number of hydrazine groups is 1. The van der Waals surface area contributed by atoms with Crippen LogP contribution in [0.3, 0.4) is 0 Å².